The van der Waals surface area contributed by atoms with Gasteiger partial charge in [-0.2, -0.15) is 13.2 Å². The van der Waals surface area contributed by atoms with Gasteiger partial charge < -0.3 is 14.7 Å². The van der Waals surface area contributed by atoms with Crippen molar-refractivity contribution in [2.24, 2.45) is 0 Å². The Labute approximate surface area is 103 Å². The van der Waals surface area contributed by atoms with Crippen molar-refractivity contribution in [2.45, 2.75) is 32.5 Å². The first-order valence-electron chi connectivity index (χ1n) is 5.38. The Morgan fingerprint density at radius 3 is 2.33 bits per heavy atom. The molecule has 8 heteroatoms. The fourth-order valence-corrected chi connectivity index (χ4v) is 1.23. The van der Waals surface area contributed by atoms with Crippen molar-refractivity contribution in [2.75, 3.05) is 19.7 Å². The number of ether oxygens (including phenoxy) is 1. The van der Waals surface area contributed by atoms with E-state index in [1.807, 2.05) is 0 Å². The molecular formula is C10H16F3NO4. The molecule has 0 fully saturated rings. The summed E-state index contributed by atoms with van der Waals surface area (Å²) < 4.78 is 41.2. The van der Waals surface area contributed by atoms with E-state index in [2.05, 4.69) is 4.74 Å². The van der Waals surface area contributed by atoms with E-state index in [1.54, 1.807) is 6.92 Å². The van der Waals surface area contributed by atoms with Crippen LogP contribution < -0.4 is 0 Å². The quantitative estimate of drug-likeness (QED) is 0.723. The number of halogens is 3. The Morgan fingerprint density at radius 2 is 1.94 bits per heavy atom. The maximum absolute atomic E-state index is 12.2. The molecule has 0 aliphatic rings. The van der Waals surface area contributed by atoms with Gasteiger partial charge in [-0.05, 0) is 13.8 Å². The molecule has 0 spiro atoms. The van der Waals surface area contributed by atoms with E-state index in [4.69, 9.17) is 5.11 Å². The number of alkyl halides is 3. The van der Waals surface area contributed by atoms with E-state index < -0.39 is 37.2 Å². The predicted molar refractivity (Wildman–Crippen MR) is 55.6 cm³/mol. The number of hydrogen-bond acceptors (Lipinski definition) is 4. The molecule has 18 heavy (non-hydrogen) atoms. The highest BCUT2D eigenvalue weighted by Gasteiger charge is 2.42. The number of carbonyl (C=O) groups excluding carboxylic acids is 2. The van der Waals surface area contributed by atoms with Crippen LogP contribution in [-0.4, -0.2) is 53.9 Å². The zero-order chi connectivity index (χ0) is 14.3. The molecule has 0 saturated heterocycles. The van der Waals surface area contributed by atoms with Crippen LogP contribution in [0.25, 0.3) is 0 Å². The number of aliphatic hydroxyl groups is 1. The first-order valence-corrected chi connectivity index (χ1v) is 5.38. The summed E-state index contributed by atoms with van der Waals surface area (Å²) in [7, 11) is 0. The number of hydrogen-bond donors (Lipinski definition) is 1. The van der Waals surface area contributed by atoms with Crippen molar-refractivity contribution in [3.63, 3.8) is 0 Å². The van der Waals surface area contributed by atoms with Crippen LogP contribution in [0.2, 0.25) is 0 Å². The standard InChI is InChI=1S/C10H16F3NO4/c1-3-18-8(16)4-5-14(6-7(2)15)9(17)10(11,12)13/h7,15H,3-6H2,1-2H3. The van der Waals surface area contributed by atoms with Gasteiger partial charge in [-0.15, -0.1) is 0 Å². The van der Waals surface area contributed by atoms with Crippen molar-refractivity contribution in [3.05, 3.63) is 0 Å². The van der Waals surface area contributed by atoms with Crippen LogP contribution in [0.4, 0.5) is 13.2 Å². The Morgan fingerprint density at radius 1 is 1.39 bits per heavy atom. The first kappa shape index (κ1) is 16.7. The number of nitrogens with zero attached hydrogens (tertiary/aromatic N) is 1. The van der Waals surface area contributed by atoms with Gasteiger partial charge in [-0.3, -0.25) is 9.59 Å². The molecule has 0 radical (unpaired) electrons. The normalized spacial score (nSPS) is 13.0. The minimum Gasteiger partial charge on any atom is -0.466 e. The van der Waals surface area contributed by atoms with E-state index in [9.17, 15) is 22.8 Å². The summed E-state index contributed by atoms with van der Waals surface area (Å²) in [5, 5.41) is 9.03. The molecule has 1 atom stereocenters. The van der Waals surface area contributed by atoms with Crippen LogP contribution in [0, 0.1) is 0 Å². The maximum atomic E-state index is 12.2. The lowest BCUT2D eigenvalue weighted by Gasteiger charge is -2.24. The lowest BCUT2D eigenvalue weighted by molar-refractivity contribution is -0.186. The molecule has 0 aromatic carbocycles. The molecule has 0 aliphatic carbocycles. The largest absolute Gasteiger partial charge is 0.471 e. The van der Waals surface area contributed by atoms with Crippen molar-refractivity contribution >= 4 is 11.9 Å². The second-order valence-electron chi connectivity index (χ2n) is 3.65. The molecule has 5 nitrogen and oxygen atoms in total. The third-order valence-electron chi connectivity index (χ3n) is 1.91. The van der Waals surface area contributed by atoms with E-state index in [-0.39, 0.29) is 13.0 Å². The molecule has 1 amide bonds. The molecular weight excluding hydrogens is 255 g/mol. The van der Waals surface area contributed by atoms with Crippen molar-refractivity contribution in [3.8, 4) is 0 Å². The summed E-state index contributed by atoms with van der Waals surface area (Å²) in [6, 6.07) is 0. The molecule has 0 bridgehead atoms. The highest BCUT2D eigenvalue weighted by atomic mass is 19.4. The lowest BCUT2D eigenvalue weighted by atomic mass is 10.3. The molecule has 0 rings (SSSR count). The van der Waals surface area contributed by atoms with Gasteiger partial charge in [0.1, 0.15) is 0 Å². The summed E-state index contributed by atoms with van der Waals surface area (Å²) in [5.41, 5.74) is 0. The van der Waals surface area contributed by atoms with Gasteiger partial charge in [0.05, 0.1) is 19.1 Å². The SMILES string of the molecule is CCOC(=O)CCN(CC(C)O)C(=O)C(F)(F)F. The van der Waals surface area contributed by atoms with Gasteiger partial charge in [-0.25, -0.2) is 0 Å². The predicted octanol–water partition coefficient (Wildman–Crippen LogP) is 0.711. The third-order valence-corrected chi connectivity index (χ3v) is 1.91. The number of amides is 1. The Bertz CT molecular complexity index is 291. The lowest BCUT2D eigenvalue weighted by Crippen LogP contribution is -2.45. The second-order valence-corrected chi connectivity index (χ2v) is 3.65. The van der Waals surface area contributed by atoms with Crippen molar-refractivity contribution in [1.29, 1.82) is 0 Å². The van der Waals surface area contributed by atoms with Crippen LogP contribution in [0.5, 0.6) is 0 Å². The summed E-state index contributed by atoms with van der Waals surface area (Å²) in [6.45, 7) is 2.00. The summed E-state index contributed by atoms with van der Waals surface area (Å²) in [5.74, 6) is -2.77. The Balaban J connectivity index is 4.50. The summed E-state index contributed by atoms with van der Waals surface area (Å²) >= 11 is 0. The van der Waals surface area contributed by atoms with Crippen LogP contribution in [-0.2, 0) is 14.3 Å². The van der Waals surface area contributed by atoms with Gasteiger partial charge in [0.15, 0.2) is 0 Å². The summed E-state index contributed by atoms with van der Waals surface area (Å²) in [4.78, 5) is 22.4. The third kappa shape index (κ3) is 6.43. The van der Waals surface area contributed by atoms with Crippen LogP contribution >= 0.6 is 0 Å². The van der Waals surface area contributed by atoms with E-state index in [0.717, 1.165) is 0 Å². The van der Waals surface area contributed by atoms with E-state index in [0.29, 0.717) is 4.90 Å². The molecule has 0 heterocycles. The van der Waals surface area contributed by atoms with Crippen molar-refractivity contribution < 1.29 is 32.6 Å². The van der Waals surface area contributed by atoms with E-state index in [1.165, 1.54) is 6.92 Å². The average molecular weight is 271 g/mol. The van der Waals surface area contributed by atoms with Crippen LogP contribution in [0.3, 0.4) is 0 Å². The van der Waals surface area contributed by atoms with Gasteiger partial charge >= 0.3 is 18.1 Å². The molecule has 0 aromatic heterocycles. The molecule has 106 valence electrons. The smallest absolute Gasteiger partial charge is 0.466 e. The number of aliphatic hydroxyl groups excluding tert-OH is 1. The van der Waals surface area contributed by atoms with Crippen LogP contribution in [0.1, 0.15) is 20.3 Å². The number of rotatable bonds is 6. The Hall–Kier alpha value is -1.31. The zero-order valence-electron chi connectivity index (χ0n) is 10.2. The fraction of sp³-hybridized carbons (Fsp3) is 0.800. The molecule has 0 aromatic rings. The average Bonchev–Trinajstić information content (AvgIpc) is 2.21. The molecule has 1 N–H and O–H groups in total. The van der Waals surface area contributed by atoms with Crippen molar-refractivity contribution in [1.82, 2.24) is 4.90 Å². The zero-order valence-corrected chi connectivity index (χ0v) is 10.2. The fourth-order valence-electron chi connectivity index (χ4n) is 1.23. The second kappa shape index (κ2) is 7.20. The minimum absolute atomic E-state index is 0.114. The number of carbonyl (C=O) groups is 2. The van der Waals surface area contributed by atoms with Gasteiger partial charge in [0.2, 0.25) is 0 Å². The molecule has 0 aliphatic heterocycles. The minimum atomic E-state index is -5.02. The van der Waals surface area contributed by atoms with Gasteiger partial charge in [0, 0.05) is 13.1 Å². The summed E-state index contributed by atoms with van der Waals surface area (Å²) in [6.07, 6.45) is -6.48. The van der Waals surface area contributed by atoms with Gasteiger partial charge in [-0.1, -0.05) is 0 Å². The first-order chi connectivity index (χ1) is 8.18. The molecule has 1 unspecified atom stereocenters. The monoisotopic (exact) mass is 271 g/mol. The van der Waals surface area contributed by atoms with E-state index >= 15 is 0 Å². The Kier molecular flexibility index (Phi) is 6.67. The topological polar surface area (TPSA) is 66.8 Å². The molecule has 0 saturated carbocycles. The number of esters is 1. The van der Waals surface area contributed by atoms with Gasteiger partial charge in [0.25, 0.3) is 0 Å². The highest BCUT2D eigenvalue weighted by molar-refractivity contribution is 5.82. The highest BCUT2D eigenvalue weighted by Crippen LogP contribution is 2.18. The van der Waals surface area contributed by atoms with Crippen LogP contribution in [0.15, 0.2) is 0 Å². The maximum Gasteiger partial charge on any atom is 0.471 e.